The zero-order chi connectivity index (χ0) is 13.6. The van der Waals surface area contributed by atoms with E-state index in [4.69, 9.17) is 9.47 Å². The van der Waals surface area contributed by atoms with Gasteiger partial charge in [0.1, 0.15) is 0 Å². The molecule has 0 unspecified atom stereocenters. The standard InChI is InChI=1S/C11H12BrF3O3/c1-16-9-4-3-8(12)7-10(9)17-5-2-6-18-11(13,14)15/h3-4,7H,2,5-6H2,1H3. The highest BCUT2D eigenvalue weighted by Gasteiger charge is 2.28. The molecule has 18 heavy (non-hydrogen) atoms. The second-order valence-electron chi connectivity index (χ2n) is 3.29. The average molecular weight is 329 g/mol. The van der Waals surface area contributed by atoms with Gasteiger partial charge in [-0.2, -0.15) is 0 Å². The molecular formula is C11H12BrF3O3. The predicted molar refractivity (Wildman–Crippen MR) is 62.8 cm³/mol. The van der Waals surface area contributed by atoms with Crippen molar-refractivity contribution < 1.29 is 27.4 Å². The van der Waals surface area contributed by atoms with Gasteiger partial charge in [-0.3, -0.25) is 4.74 Å². The first-order valence-corrected chi connectivity index (χ1v) is 5.88. The monoisotopic (exact) mass is 328 g/mol. The fourth-order valence-corrected chi connectivity index (χ4v) is 1.53. The van der Waals surface area contributed by atoms with E-state index >= 15 is 0 Å². The first kappa shape index (κ1) is 15.1. The van der Waals surface area contributed by atoms with Gasteiger partial charge in [0.05, 0.1) is 20.3 Å². The van der Waals surface area contributed by atoms with Crippen molar-refractivity contribution in [1.82, 2.24) is 0 Å². The van der Waals surface area contributed by atoms with Crippen LogP contribution in [0.2, 0.25) is 0 Å². The lowest BCUT2D eigenvalue weighted by Crippen LogP contribution is -2.15. The van der Waals surface area contributed by atoms with E-state index in [1.807, 2.05) is 0 Å². The van der Waals surface area contributed by atoms with E-state index in [0.717, 1.165) is 4.47 Å². The molecule has 0 aliphatic heterocycles. The van der Waals surface area contributed by atoms with Crippen LogP contribution in [-0.2, 0) is 4.74 Å². The second-order valence-corrected chi connectivity index (χ2v) is 4.21. The fraction of sp³-hybridized carbons (Fsp3) is 0.455. The van der Waals surface area contributed by atoms with Crippen molar-refractivity contribution >= 4 is 15.9 Å². The summed E-state index contributed by atoms with van der Waals surface area (Å²) in [4.78, 5) is 0. The number of alkyl halides is 3. The molecule has 0 amide bonds. The van der Waals surface area contributed by atoms with E-state index in [1.54, 1.807) is 18.2 Å². The van der Waals surface area contributed by atoms with Crippen LogP contribution in [-0.4, -0.2) is 26.7 Å². The molecule has 0 aliphatic carbocycles. The lowest BCUT2D eigenvalue weighted by Gasteiger charge is -2.11. The van der Waals surface area contributed by atoms with Crippen molar-refractivity contribution in [2.24, 2.45) is 0 Å². The number of methoxy groups -OCH3 is 1. The number of hydrogen-bond acceptors (Lipinski definition) is 3. The molecule has 0 aliphatic rings. The van der Waals surface area contributed by atoms with Crippen LogP contribution >= 0.6 is 15.9 Å². The predicted octanol–water partition coefficient (Wildman–Crippen LogP) is 3.76. The maximum atomic E-state index is 11.7. The lowest BCUT2D eigenvalue weighted by molar-refractivity contribution is -0.324. The number of hydrogen-bond donors (Lipinski definition) is 0. The Balaban J connectivity index is 2.37. The molecule has 0 fully saturated rings. The minimum absolute atomic E-state index is 0.114. The van der Waals surface area contributed by atoms with Gasteiger partial charge in [0.25, 0.3) is 0 Å². The Morgan fingerprint density at radius 1 is 1.17 bits per heavy atom. The number of rotatable bonds is 6. The Hall–Kier alpha value is -0.950. The van der Waals surface area contributed by atoms with Gasteiger partial charge in [-0.05, 0) is 18.2 Å². The van der Waals surface area contributed by atoms with Gasteiger partial charge in [-0.1, -0.05) is 15.9 Å². The molecule has 102 valence electrons. The third-order valence-corrected chi connectivity index (χ3v) is 2.43. The largest absolute Gasteiger partial charge is 0.522 e. The quantitative estimate of drug-likeness (QED) is 0.744. The molecule has 0 atom stereocenters. The molecule has 0 radical (unpaired) electrons. The van der Waals surface area contributed by atoms with E-state index in [2.05, 4.69) is 20.7 Å². The molecule has 1 aromatic carbocycles. The summed E-state index contributed by atoms with van der Waals surface area (Å²) in [6.07, 6.45) is -4.46. The Kier molecular flexibility index (Phi) is 5.74. The summed E-state index contributed by atoms with van der Waals surface area (Å²) in [5.41, 5.74) is 0. The van der Waals surface area contributed by atoms with Crippen molar-refractivity contribution in [3.8, 4) is 11.5 Å². The minimum atomic E-state index is -4.59. The van der Waals surface area contributed by atoms with Gasteiger partial charge in [-0.25, -0.2) is 0 Å². The van der Waals surface area contributed by atoms with Crippen molar-refractivity contribution in [3.63, 3.8) is 0 Å². The summed E-state index contributed by atoms with van der Waals surface area (Å²) in [5, 5.41) is 0. The van der Waals surface area contributed by atoms with Gasteiger partial charge < -0.3 is 9.47 Å². The lowest BCUT2D eigenvalue weighted by atomic mass is 10.3. The van der Waals surface area contributed by atoms with Crippen molar-refractivity contribution in [3.05, 3.63) is 22.7 Å². The van der Waals surface area contributed by atoms with Gasteiger partial charge in [0.15, 0.2) is 11.5 Å². The summed E-state index contributed by atoms with van der Waals surface area (Å²) in [7, 11) is 1.49. The van der Waals surface area contributed by atoms with Crippen LogP contribution in [0.1, 0.15) is 6.42 Å². The number of ether oxygens (including phenoxy) is 3. The first-order valence-electron chi connectivity index (χ1n) is 5.09. The molecule has 3 nitrogen and oxygen atoms in total. The average Bonchev–Trinajstić information content (AvgIpc) is 2.27. The Bertz CT molecular complexity index is 382. The van der Waals surface area contributed by atoms with E-state index in [9.17, 15) is 13.2 Å². The fourth-order valence-electron chi connectivity index (χ4n) is 1.19. The molecule has 0 heterocycles. The van der Waals surface area contributed by atoms with Crippen LogP contribution in [0.25, 0.3) is 0 Å². The van der Waals surface area contributed by atoms with E-state index in [1.165, 1.54) is 7.11 Å². The number of benzene rings is 1. The van der Waals surface area contributed by atoms with Crippen LogP contribution in [0.3, 0.4) is 0 Å². The van der Waals surface area contributed by atoms with Gasteiger partial charge in [0, 0.05) is 10.9 Å². The highest BCUT2D eigenvalue weighted by Crippen LogP contribution is 2.30. The highest BCUT2D eigenvalue weighted by molar-refractivity contribution is 9.10. The van der Waals surface area contributed by atoms with Crippen molar-refractivity contribution in [2.75, 3.05) is 20.3 Å². The zero-order valence-corrected chi connectivity index (χ0v) is 11.2. The van der Waals surface area contributed by atoms with Gasteiger partial charge >= 0.3 is 6.36 Å². The van der Waals surface area contributed by atoms with Crippen LogP contribution in [0.5, 0.6) is 11.5 Å². The molecule has 0 aromatic heterocycles. The summed E-state index contributed by atoms with van der Waals surface area (Å²) in [6, 6.07) is 5.16. The topological polar surface area (TPSA) is 27.7 Å². The Labute approximate surface area is 111 Å². The van der Waals surface area contributed by atoms with Gasteiger partial charge in [-0.15, -0.1) is 13.2 Å². The molecule has 7 heteroatoms. The van der Waals surface area contributed by atoms with Crippen molar-refractivity contribution in [2.45, 2.75) is 12.8 Å². The SMILES string of the molecule is COc1ccc(Br)cc1OCCCOC(F)(F)F. The minimum Gasteiger partial charge on any atom is -0.493 e. The molecule has 0 N–H and O–H groups in total. The summed E-state index contributed by atoms with van der Waals surface area (Å²) < 4.78 is 49.9. The zero-order valence-electron chi connectivity index (χ0n) is 9.59. The normalized spacial score (nSPS) is 11.4. The van der Waals surface area contributed by atoms with E-state index < -0.39 is 13.0 Å². The number of halogens is 4. The summed E-state index contributed by atoms with van der Waals surface area (Å²) in [6.45, 7) is -0.317. The van der Waals surface area contributed by atoms with E-state index in [0.29, 0.717) is 11.5 Å². The maximum Gasteiger partial charge on any atom is 0.522 e. The van der Waals surface area contributed by atoms with Crippen LogP contribution < -0.4 is 9.47 Å². The third kappa shape index (κ3) is 5.59. The first-order chi connectivity index (χ1) is 8.42. The highest BCUT2D eigenvalue weighted by atomic mass is 79.9. The molecule has 0 saturated carbocycles. The Morgan fingerprint density at radius 3 is 2.50 bits per heavy atom. The van der Waals surface area contributed by atoms with Crippen LogP contribution in [0.4, 0.5) is 13.2 Å². The molecular weight excluding hydrogens is 317 g/mol. The summed E-state index contributed by atoms with van der Waals surface area (Å²) in [5.74, 6) is 0.994. The maximum absolute atomic E-state index is 11.7. The van der Waals surface area contributed by atoms with Crippen molar-refractivity contribution in [1.29, 1.82) is 0 Å². The second kappa shape index (κ2) is 6.84. The molecule has 1 rings (SSSR count). The van der Waals surface area contributed by atoms with Crippen LogP contribution in [0, 0.1) is 0 Å². The summed E-state index contributed by atoms with van der Waals surface area (Å²) >= 11 is 3.27. The molecule has 0 saturated heterocycles. The molecule has 0 bridgehead atoms. The molecule has 1 aromatic rings. The smallest absolute Gasteiger partial charge is 0.493 e. The van der Waals surface area contributed by atoms with E-state index in [-0.39, 0.29) is 13.0 Å². The van der Waals surface area contributed by atoms with Crippen LogP contribution in [0.15, 0.2) is 22.7 Å². The molecule has 0 spiro atoms. The van der Waals surface area contributed by atoms with Gasteiger partial charge in [0.2, 0.25) is 0 Å². The third-order valence-electron chi connectivity index (χ3n) is 1.94. The Morgan fingerprint density at radius 2 is 1.89 bits per heavy atom.